The monoisotopic (exact) mass is 308 g/mol. The van der Waals surface area contributed by atoms with E-state index in [2.05, 4.69) is 15.2 Å². The number of hydrogen-bond donors (Lipinski definition) is 1. The first kappa shape index (κ1) is 14.2. The van der Waals surface area contributed by atoms with Crippen molar-refractivity contribution in [3.8, 4) is 0 Å². The van der Waals surface area contributed by atoms with Crippen molar-refractivity contribution in [2.75, 3.05) is 43.0 Å². The van der Waals surface area contributed by atoms with Crippen LogP contribution >= 0.6 is 11.8 Å². The fraction of sp³-hybridized carbons (Fsp3) is 0.462. The smallest absolute Gasteiger partial charge is 0.295 e. The molecule has 1 saturated heterocycles. The topological polar surface area (TPSA) is 84.4 Å². The summed E-state index contributed by atoms with van der Waals surface area (Å²) in [6.45, 7) is 3.93. The Labute approximate surface area is 125 Å². The number of anilines is 1. The van der Waals surface area contributed by atoms with Gasteiger partial charge in [0.15, 0.2) is 5.58 Å². The molecule has 112 valence electrons. The molecule has 0 amide bonds. The van der Waals surface area contributed by atoms with Crippen molar-refractivity contribution in [2.45, 2.75) is 0 Å². The molecule has 1 aromatic heterocycles. The van der Waals surface area contributed by atoms with Crippen LogP contribution in [0.3, 0.4) is 0 Å². The molecule has 0 saturated carbocycles. The van der Waals surface area contributed by atoms with Crippen LogP contribution in [0.1, 0.15) is 0 Å². The Hall–Kier alpha value is -1.80. The highest BCUT2D eigenvalue weighted by Gasteiger charge is 2.12. The molecule has 21 heavy (non-hydrogen) atoms. The maximum atomic E-state index is 10.7. The fourth-order valence-corrected chi connectivity index (χ4v) is 3.23. The Morgan fingerprint density at radius 1 is 1.43 bits per heavy atom. The van der Waals surface area contributed by atoms with Crippen LogP contribution in [-0.2, 0) is 0 Å². The number of nitrogens with zero attached hydrogens (tertiary/aromatic N) is 3. The molecule has 1 aliphatic heterocycles. The Bertz CT molecular complexity index is 639. The number of nitro benzene ring substituents is 1. The van der Waals surface area contributed by atoms with Gasteiger partial charge in [-0.3, -0.25) is 15.0 Å². The second-order valence-corrected chi connectivity index (χ2v) is 6.03. The lowest BCUT2D eigenvalue weighted by Gasteiger charge is -2.25. The summed E-state index contributed by atoms with van der Waals surface area (Å²) in [5, 5.41) is 13.9. The second kappa shape index (κ2) is 6.31. The van der Waals surface area contributed by atoms with E-state index in [1.165, 1.54) is 23.6 Å². The molecule has 1 fully saturated rings. The highest BCUT2D eigenvalue weighted by Crippen LogP contribution is 2.23. The summed E-state index contributed by atoms with van der Waals surface area (Å²) in [7, 11) is 0. The summed E-state index contributed by atoms with van der Waals surface area (Å²) >= 11 is 1.99. The van der Waals surface area contributed by atoms with E-state index in [-0.39, 0.29) is 5.69 Å². The molecule has 0 bridgehead atoms. The van der Waals surface area contributed by atoms with Crippen LogP contribution in [0.5, 0.6) is 0 Å². The van der Waals surface area contributed by atoms with Gasteiger partial charge in [0.2, 0.25) is 0 Å². The number of hydrogen-bond acceptors (Lipinski definition) is 7. The van der Waals surface area contributed by atoms with Crippen molar-refractivity contribution in [3.63, 3.8) is 0 Å². The summed E-state index contributed by atoms with van der Waals surface area (Å²) in [4.78, 5) is 17.0. The minimum Gasteiger partial charge on any atom is -0.423 e. The highest BCUT2D eigenvalue weighted by atomic mass is 32.2. The third kappa shape index (κ3) is 3.45. The maximum absolute atomic E-state index is 10.7. The van der Waals surface area contributed by atoms with Crippen molar-refractivity contribution in [1.29, 1.82) is 0 Å². The van der Waals surface area contributed by atoms with Crippen LogP contribution in [0.25, 0.3) is 11.1 Å². The number of nitrogens with one attached hydrogen (secondary N) is 1. The molecule has 3 rings (SSSR count). The lowest BCUT2D eigenvalue weighted by atomic mass is 10.3. The van der Waals surface area contributed by atoms with Crippen LogP contribution < -0.4 is 5.32 Å². The summed E-state index contributed by atoms with van der Waals surface area (Å²) in [5.74, 6) is 2.37. The van der Waals surface area contributed by atoms with Gasteiger partial charge >= 0.3 is 0 Å². The van der Waals surface area contributed by atoms with E-state index in [1.54, 1.807) is 6.07 Å². The van der Waals surface area contributed by atoms with Crippen LogP contribution in [0.4, 0.5) is 11.7 Å². The molecule has 1 aliphatic rings. The van der Waals surface area contributed by atoms with Crippen molar-refractivity contribution in [3.05, 3.63) is 28.3 Å². The van der Waals surface area contributed by atoms with Crippen molar-refractivity contribution in [2.24, 2.45) is 0 Å². The molecular formula is C13H16N4O3S. The number of rotatable bonds is 5. The standard InChI is InChI=1S/C13H16N4O3S/c18-17(19)10-1-2-11-12(9-10)20-13(15-11)14-3-4-16-5-7-21-8-6-16/h1-2,9H,3-8H2,(H,14,15). The quantitative estimate of drug-likeness (QED) is 0.669. The SMILES string of the molecule is O=[N+]([O-])c1ccc2nc(NCCN3CCSCC3)oc2c1. The first-order valence-electron chi connectivity index (χ1n) is 6.81. The molecule has 0 atom stereocenters. The molecule has 1 N–H and O–H groups in total. The zero-order valence-electron chi connectivity index (χ0n) is 11.4. The van der Waals surface area contributed by atoms with Crippen LogP contribution in [0, 0.1) is 10.1 Å². The number of thioether (sulfide) groups is 1. The Morgan fingerprint density at radius 2 is 2.24 bits per heavy atom. The van der Waals surface area contributed by atoms with Gasteiger partial charge < -0.3 is 9.73 Å². The van der Waals surface area contributed by atoms with Crippen molar-refractivity contribution in [1.82, 2.24) is 9.88 Å². The van der Waals surface area contributed by atoms with Gasteiger partial charge in [0.1, 0.15) is 5.52 Å². The number of fused-ring (bicyclic) bond motifs is 1. The van der Waals surface area contributed by atoms with Gasteiger partial charge in [-0.2, -0.15) is 16.7 Å². The zero-order valence-corrected chi connectivity index (χ0v) is 12.3. The van der Waals surface area contributed by atoms with Crippen molar-refractivity contribution < 1.29 is 9.34 Å². The summed E-state index contributed by atoms with van der Waals surface area (Å²) in [5.41, 5.74) is 1.06. The summed E-state index contributed by atoms with van der Waals surface area (Å²) in [6, 6.07) is 4.84. The van der Waals surface area contributed by atoms with E-state index in [9.17, 15) is 10.1 Å². The number of benzene rings is 1. The average molecular weight is 308 g/mol. The largest absolute Gasteiger partial charge is 0.423 e. The predicted molar refractivity (Wildman–Crippen MR) is 82.9 cm³/mol. The van der Waals surface area contributed by atoms with Crippen LogP contribution in [0.15, 0.2) is 22.6 Å². The third-order valence-corrected chi connectivity index (χ3v) is 4.33. The molecule has 0 radical (unpaired) electrons. The van der Waals surface area contributed by atoms with Gasteiger partial charge in [-0.15, -0.1) is 0 Å². The van der Waals surface area contributed by atoms with Gasteiger partial charge in [-0.1, -0.05) is 0 Å². The molecular weight excluding hydrogens is 292 g/mol. The second-order valence-electron chi connectivity index (χ2n) is 4.81. The van der Waals surface area contributed by atoms with E-state index in [0.717, 1.165) is 26.2 Å². The Morgan fingerprint density at radius 3 is 3.00 bits per heavy atom. The molecule has 2 heterocycles. The average Bonchev–Trinajstić information content (AvgIpc) is 2.90. The molecule has 8 heteroatoms. The van der Waals surface area contributed by atoms with Gasteiger partial charge in [0, 0.05) is 43.8 Å². The van der Waals surface area contributed by atoms with E-state index < -0.39 is 4.92 Å². The summed E-state index contributed by atoms with van der Waals surface area (Å²) < 4.78 is 5.50. The van der Waals surface area contributed by atoms with E-state index in [1.807, 2.05) is 11.8 Å². The number of nitro groups is 1. The zero-order chi connectivity index (χ0) is 14.7. The third-order valence-electron chi connectivity index (χ3n) is 3.39. The van der Waals surface area contributed by atoms with Gasteiger partial charge in [0.05, 0.1) is 11.0 Å². The Kier molecular flexibility index (Phi) is 4.26. The minimum absolute atomic E-state index is 0.0102. The molecule has 2 aromatic rings. The van der Waals surface area contributed by atoms with Crippen LogP contribution in [-0.4, -0.2) is 52.5 Å². The molecule has 7 nitrogen and oxygen atoms in total. The minimum atomic E-state index is -0.441. The number of non-ortho nitro benzene ring substituents is 1. The number of aromatic nitrogens is 1. The Balaban J connectivity index is 1.60. The predicted octanol–water partition coefficient (Wildman–Crippen LogP) is 2.20. The first-order chi connectivity index (χ1) is 10.2. The summed E-state index contributed by atoms with van der Waals surface area (Å²) in [6.07, 6.45) is 0. The lowest BCUT2D eigenvalue weighted by Crippen LogP contribution is -2.36. The van der Waals surface area contributed by atoms with E-state index >= 15 is 0 Å². The lowest BCUT2D eigenvalue weighted by molar-refractivity contribution is -0.384. The van der Waals surface area contributed by atoms with Crippen LogP contribution in [0.2, 0.25) is 0 Å². The van der Waals surface area contributed by atoms with E-state index in [4.69, 9.17) is 4.42 Å². The molecule has 0 spiro atoms. The normalized spacial score (nSPS) is 16.2. The molecule has 0 unspecified atom stereocenters. The number of oxazole rings is 1. The highest BCUT2D eigenvalue weighted by molar-refractivity contribution is 7.99. The van der Waals surface area contributed by atoms with E-state index in [0.29, 0.717) is 17.1 Å². The van der Waals surface area contributed by atoms with Gasteiger partial charge in [0.25, 0.3) is 11.7 Å². The van der Waals surface area contributed by atoms with Gasteiger partial charge in [-0.05, 0) is 6.07 Å². The first-order valence-corrected chi connectivity index (χ1v) is 7.97. The molecule has 0 aliphatic carbocycles. The fourth-order valence-electron chi connectivity index (χ4n) is 2.25. The maximum Gasteiger partial charge on any atom is 0.295 e. The van der Waals surface area contributed by atoms with Gasteiger partial charge in [-0.25, -0.2) is 0 Å². The van der Waals surface area contributed by atoms with Crippen molar-refractivity contribution >= 4 is 34.6 Å². The molecule has 1 aromatic carbocycles.